The summed E-state index contributed by atoms with van der Waals surface area (Å²) in [5.74, 6) is 0.741. The molecule has 0 spiro atoms. The summed E-state index contributed by atoms with van der Waals surface area (Å²) in [6.45, 7) is 2.04. The Morgan fingerprint density at radius 2 is 1.48 bits per heavy atom. The summed E-state index contributed by atoms with van der Waals surface area (Å²) in [4.78, 5) is 23.4. The standard InChI is InChI=1S/C23H21N3O/c27-22(21-11-9-20(10-12-21)19-6-2-1-3-7-19)13-8-18-16-24-23(25-17-18)26-14-4-5-15-26/h1-3,6-13,16-17H,4-5,14-15H2. The number of ketones is 1. The van der Waals surface area contributed by atoms with Crippen LogP contribution in [0.25, 0.3) is 17.2 Å². The van der Waals surface area contributed by atoms with Gasteiger partial charge in [-0.3, -0.25) is 4.79 Å². The quantitative estimate of drug-likeness (QED) is 0.494. The van der Waals surface area contributed by atoms with Gasteiger partial charge >= 0.3 is 0 Å². The number of nitrogens with zero attached hydrogens (tertiary/aromatic N) is 3. The second-order valence-electron chi connectivity index (χ2n) is 6.65. The summed E-state index contributed by atoms with van der Waals surface area (Å²) in [5, 5.41) is 0. The molecule has 4 rings (SSSR count). The number of allylic oxidation sites excluding steroid dienone is 1. The lowest BCUT2D eigenvalue weighted by Crippen LogP contribution is -2.20. The van der Waals surface area contributed by atoms with Gasteiger partial charge in [0.25, 0.3) is 0 Å². The highest BCUT2D eigenvalue weighted by molar-refractivity contribution is 6.07. The molecule has 0 saturated carbocycles. The zero-order valence-electron chi connectivity index (χ0n) is 15.1. The number of aromatic nitrogens is 2. The van der Waals surface area contributed by atoms with Crippen LogP contribution in [0.3, 0.4) is 0 Å². The van der Waals surface area contributed by atoms with Crippen LogP contribution in [0.5, 0.6) is 0 Å². The highest BCUT2D eigenvalue weighted by atomic mass is 16.1. The summed E-state index contributed by atoms with van der Waals surface area (Å²) in [6, 6.07) is 17.8. The lowest BCUT2D eigenvalue weighted by Gasteiger charge is -2.14. The number of rotatable bonds is 5. The van der Waals surface area contributed by atoms with Crippen molar-refractivity contribution in [3.63, 3.8) is 0 Å². The van der Waals surface area contributed by atoms with Gasteiger partial charge < -0.3 is 4.90 Å². The van der Waals surface area contributed by atoms with Gasteiger partial charge in [0.2, 0.25) is 5.95 Å². The summed E-state index contributed by atoms with van der Waals surface area (Å²) in [7, 11) is 0. The molecule has 2 heterocycles. The Hall–Kier alpha value is -3.27. The predicted molar refractivity (Wildman–Crippen MR) is 109 cm³/mol. The molecule has 1 aliphatic heterocycles. The molecule has 4 heteroatoms. The van der Waals surface area contributed by atoms with E-state index < -0.39 is 0 Å². The monoisotopic (exact) mass is 355 g/mol. The van der Waals surface area contributed by atoms with Crippen molar-refractivity contribution in [3.05, 3.63) is 84.2 Å². The van der Waals surface area contributed by atoms with Crippen LogP contribution in [0.4, 0.5) is 5.95 Å². The molecular weight excluding hydrogens is 334 g/mol. The van der Waals surface area contributed by atoms with Gasteiger partial charge in [-0.15, -0.1) is 0 Å². The van der Waals surface area contributed by atoms with Crippen molar-refractivity contribution in [2.75, 3.05) is 18.0 Å². The number of hydrogen-bond donors (Lipinski definition) is 0. The smallest absolute Gasteiger partial charge is 0.225 e. The third-order valence-corrected chi connectivity index (χ3v) is 4.75. The molecule has 1 fully saturated rings. The second-order valence-corrected chi connectivity index (χ2v) is 6.65. The Morgan fingerprint density at radius 1 is 0.852 bits per heavy atom. The normalized spacial score (nSPS) is 14.0. The average molecular weight is 355 g/mol. The van der Waals surface area contributed by atoms with Crippen LogP contribution in [-0.2, 0) is 0 Å². The van der Waals surface area contributed by atoms with Crippen molar-refractivity contribution in [1.82, 2.24) is 9.97 Å². The molecule has 134 valence electrons. The lowest BCUT2D eigenvalue weighted by molar-refractivity contribution is 0.104. The fraction of sp³-hybridized carbons (Fsp3) is 0.174. The summed E-state index contributed by atoms with van der Waals surface area (Å²) in [6.07, 6.45) is 9.27. The minimum absolute atomic E-state index is 0.0294. The van der Waals surface area contributed by atoms with Crippen LogP contribution in [0.15, 0.2) is 73.1 Å². The topological polar surface area (TPSA) is 46.1 Å². The molecule has 2 aromatic carbocycles. The first-order valence-corrected chi connectivity index (χ1v) is 9.24. The predicted octanol–water partition coefficient (Wildman–Crippen LogP) is 4.64. The SMILES string of the molecule is O=C(C=Cc1cnc(N2CCCC2)nc1)c1ccc(-c2ccccc2)cc1. The van der Waals surface area contributed by atoms with E-state index in [1.54, 1.807) is 24.5 Å². The van der Waals surface area contributed by atoms with Crippen LogP contribution >= 0.6 is 0 Å². The third-order valence-electron chi connectivity index (χ3n) is 4.75. The van der Waals surface area contributed by atoms with Crippen molar-refractivity contribution >= 4 is 17.8 Å². The van der Waals surface area contributed by atoms with E-state index in [0.717, 1.165) is 35.7 Å². The van der Waals surface area contributed by atoms with Crippen LogP contribution in [0.1, 0.15) is 28.8 Å². The molecule has 0 amide bonds. The largest absolute Gasteiger partial charge is 0.341 e. The van der Waals surface area contributed by atoms with Gasteiger partial charge in [-0.25, -0.2) is 9.97 Å². The van der Waals surface area contributed by atoms with Crippen molar-refractivity contribution in [2.24, 2.45) is 0 Å². The van der Waals surface area contributed by atoms with E-state index >= 15 is 0 Å². The number of hydrogen-bond acceptors (Lipinski definition) is 4. The molecular formula is C23H21N3O. The molecule has 1 saturated heterocycles. The maximum atomic E-state index is 12.4. The molecule has 1 aliphatic rings. The fourth-order valence-electron chi connectivity index (χ4n) is 3.22. The van der Waals surface area contributed by atoms with Crippen LogP contribution in [0.2, 0.25) is 0 Å². The number of anilines is 1. The minimum atomic E-state index is -0.0294. The van der Waals surface area contributed by atoms with Crippen LogP contribution < -0.4 is 4.90 Å². The second kappa shape index (κ2) is 7.96. The molecule has 0 bridgehead atoms. The van der Waals surface area contributed by atoms with E-state index in [2.05, 4.69) is 27.0 Å². The maximum absolute atomic E-state index is 12.4. The van der Waals surface area contributed by atoms with Gasteiger partial charge in [-0.1, -0.05) is 54.6 Å². The van der Waals surface area contributed by atoms with Crippen molar-refractivity contribution < 1.29 is 4.79 Å². The molecule has 0 N–H and O–H groups in total. The van der Waals surface area contributed by atoms with E-state index in [4.69, 9.17) is 0 Å². The lowest BCUT2D eigenvalue weighted by atomic mass is 10.0. The molecule has 27 heavy (non-hydrogen) atoms. The van der Waals surface area contributed by atoms with Crippen LogP contribution in [0, 0.1) is 0 Å². The number of carbonyl (C=O) groups is 1. The molecule has 1 aromatic heterocycles. The molecule has 4 nitrogen and oxygen atoms in total. The Balaban J connectivity index is 1.42. The Kier molecular flexibility index (Phi) is 5.06. The van der Waals surface area contributed by atoms with Crippen molar-refractivity contribution in [3.8, 4) is 11.1 Å². The van der Waals surface area contributed by atoms with Crippen LogP contribution in [-0.4, -0.2) is 28.8 Å². The van der Waals surface area contributed by atoms with E-state index in [1.807, 2.05) is 42.5 Å². The molecule has 0 aliphatic carbocycles. The van der Waals surface area contributed by atoms with Gasteiger partial charge in [0.1, 0.15) is 0 Å². The summed E-state index contributed by atoms with van der Waals surface area (Å²) >= 11 is 0. The molecule has 3 aromatic rings. The zero-order valence-corrected chi connectivity index (χ0v) is 15.1. The Bertz CT molecular complexity index is 926. The number of benzene rings is 2. The van der Waals surface area contributed by atoms with Gasteiger partial charge in [0.05, 0.1) is 0 Å². The summed E-state index contributed by atoms with van der Waals surface area (Å²) in [5.41, 5.74) is 3.73. The first-order chi connectivity index (χ1) is 13.3. The van der Waals surface area contributed by atoms with E-state index in [1.165, 1.54) is 12.8 Å². The van der Waals surface area contributed by atoms with Gasteiger partial charge in [0.15, 0.2) is 5.78 Å². The summed E-state index contributed by atoms with van der Waals surface area (Å²) < 4.78 is 0. The highest BCUT2D eigenvalue weighted by Crippen LogP contribution is 2.20. The minimum Gasteiger partial charge on any atom is -0.341 e. The van der Waals surface area contributed by atoms with Gasteiger partial charge in [0, 0.05) is 36.6 Å². The fourth-order valence-corrected chi connectivity index (χ4v) is 3.22. The third kappa shape index (κ3) is 4.11. The first-order valence-electron chi connectivity index (χ1n) is 9.24. The first kappa shape index (κ1) is 17.2. The zero-order chi connectivity index (χ0) is 18.5. The van der Waals surface area contributed by atoms with Gasteiger partial charge in [-0.2, -0.15) is 0 Å². The Labute approximate surface area is 159 Å². The van der Waals surface area contributed by atoms with E-state index in [-0.39, 0.29) is 5.78 Å². The molecule has 0 unspecified atom stereocenters. The van der Waals surface area contributed by atoms with E-state index in [0.29, 0.717) is 5.56 Å². The van der Waals surface area contributed by atoms with Crippen molar-refractivity contribution in [2.45, 2.75) is 12.8 Å². The Morgan fingerprint density at radius 3 is 2.15 bits per heavy atom. The van der Waals surface area contributed by atoms with E-state index in [9.17, 15) is 4.79 Å². The average Bonchev–Trinajstić information content (AvgIpc) is 3.28. The van der Waals surface area contributed by atoms with Crippen molar-refractivity contribution in [1.29, 1.82) is 0 Å². The maximum Gasteiger partial charge on any atom is 0.225 e. The molecule has 0 radical (unpaired) electrons. The highest BCUT2D eigenvalue weighted by Gasteiger charge is 2.14. The molecule has 0 atom stereocenters. The van der Waals surface area contributed by atoms with Gasteiger partial charge in [-0.05, 0) is 36.1 Å². The number of carbonyl (C=O) groups excluding carboxylic acids is 1.